The summed E-state index contributed by atoms with van der Waals surface area (Å²) in [4.78, 5) is 9.83. The topological polar surface area (TPSA) is 69.3 Å². The van der Waals surface area contributed by atoms with Gasteiger partial charge >= 0.3 is 0 Å². The van der Waals surface area contributed by atoms with Gasteiger partial charge < -0.3 is 14.6 Å². The fourth-order valence-corrected chi connectivity index (χ4v) is 4.01. The summed E-state index contributed by atoms with van der Waals surface area (Å²) in [6.07, 6.45) is 3.42. The zero-order valence-corrected chi connectivity index (χ0v) is 15.7. The van der Waals surface area contributed by atoms with Crippen LogP contribution in [0.2, 0.25) is 0 Å². The van der Waals surface area contributed by atoms with Gasteiger partial charge in [0.15, 0.2) is 0 Å². The van der Waals surface area contributed by atoms with Crippen molar-refractivity contribution in [3.8, 4) is 5.75 Å². The number of aromatic nitrogens is 3. The number of ether oxygens (including phenoxy) is 1. The van der Waals surface area contributed by atoms with Gasteiger partial charge in [-0.3, -0.25) is 10.1 Å². The number of fused-ring (bicyclic) bond motifs is 4. The highest BCUT2D eigenvalue weighted by Crippen LogP contribution is 2.43. The van der Waals surface area contributed by atoms with Crippen LogP contribution in [0.15, 0.2) is 23.3 Å². The number of nitrogens with one attached hydrogen (secondary N) is 2. The molecule has 8 heteroatoms. The van der Waals surface area contributed by atoms with Crippen molar-refractivity contribution < 1.29 is 13.5 Å². The highest BCUT2D eigenvalue weighted by atomic mass is 19.3. The number of nitrogens with zero attached hydrogens (tertiary/aromatic N) is 3. The molecular weight excluding hydrogens is 364 g/mol. The number of anilines is 2. The van der Waals surface area contributed by atoms with Crippen molar-refractivity contribution in [1.82, 2.24) is 15.2 Å². The number of aliphatic imine (C=N–C) groups is 1. The third kappa shape index (κ3) is 2.75. The van der Waals surface area contributed by atoms with Crippen molar-refractivity contribution in [3.63, 3.8) is 0 Å². The van der Waals surface area contributed by atoms with E-state index in [1.807, 2.05) is 30.9 Å². The average Bonchev–Trinajstić information content (AvgIpc) is 3.23. The van der Waals surface area contributed by atoms with Gasteiger partial charge in [0, 0.05) is 41.8 Å². The third-order valence-corrected chi connectivity index (χ3v) is 5.28. The second-order valence-electron chi connectivity index (χ2n) is 7.70. The van der Waals surface area contributed by atoms with Gasteiger partial charge in [-0.25, -0.2) is 8.78 Å². The number of aryl methyl sites for hydroxylation is 1. The predicted octanol–water partition coefficient (Wildman–Crippen LogP) is 4.33. The molecular formula is C20H21F2N5O. The third-order valence-electron chi connectivity index (χ3n) is 5.28. The number of halogens is 2. The van der Waals surface area contributed by atoms with Crippen LogP contribution in [0, 0.1) is 0 Å². The maximum Gasteiger partial charge on any atom is 0.252 e. The van der Waals surface area contributed by atoms with E-state index in [1.165, 1.54) is 0 Å². The van der Waals surface area contributed by atoms with Crippen LogP contribution in [0.3, 0.4) is 0 Å². The number of hydrogen-bond donors (Lipinski definition) is 2. The lowest BCUT2D eigenvalue weighted by Crippen LogP contribution is -2.26. The first-order valence-electron chi connectivity index (χ1n) is 9.44. The Bertz CT molecular complexity index is 1080. The smallest absolute Gasteiger partial charge is 0.252 e. The number of aromatic amines is 2. The molecule has 2 N–H and O–H groups in total. The Kier molecular flexibility index (Phi) is 3.72. The van der Waals surface area contributed by atoms with Crippen LogP contribution in [0.25, 0.3) is 10.9 Å². The second-order valence-corrected chi connectivity index (χ2v) is 7.70. The fourth-order valence-electron chi connectivity index (χ4n) is 4.01. The fraction of sp³-hybridized carbons (Fsp3) is 0.400. The van der Waals surface area contributed by atoms with Crippen LogP contribution in [-0.4, -0.2) is 40.1 Å². The molecule has 0 saturated heterocycles. The van der Waals surface area contributed by atoms with E-state index < -0.39 is 5.92 Å². The Morgan fingerprint density at radius 1 is 1.29 bits per heavy atom. The van der Waals surface area contributed by atoms with E-state index in [4.69, 9.17) is 4.74 Å². The van der Waals surface area contributed by atoms with E-state index in [0.29, 0.717) is 24.4 Å². The molecule has 1 aromatic carbocycles. The summed E-state index contributed by atoms with van der Waals surface area (Å²) < 4.78 is 34.0. The first-order chi connectivity index (χ1) is 13.4. The maximum atomic E-state index is 14.0. The largest absolute Gasteiger partial charge is 0.489 e. The van der Waals surface area contributed by atoms with Crippen LogP contribution >= 0.6 is 0 Å². The van der Waals surface area contributed by atoms with Crippen molar-refractivity contribution in [2.24, 2.45) is 4.99 Å². The maximum absolute atomic E-state index is 14.0. The van der Waals surface area contributed by atoms with Gasteiger partial charge in [-0.2, -0.15) is 5.10 Å². The summed E-state index contributed by atoms with van der Waals surface area (Å²) in [7, 11) is 0. The Morgan fingerprint density at radius 3 is 2.96 bits per heavy atom. The lowest BCUT2D eigenvalue weighted by atomic mass is 9.92. The molecule has 28 heavy (non-hydrogen) atoms. The minimum Gasteiger partial charge on any atom is -0.489 e. The minimum atomic E-state index is -2.67. The molecule has 3 aromatic rings. The Labute approximate surface area is 160 Å². The van der Waals surface area contributed by atoms with Gasteiger partial charge in [-0.1, -0.05) is 0 Å². The average molecular weight is 385 g/mol. The SMILES string of the molecule is CC(C)Oc1cc2[nH]ncc2cc1N1CN=Cc2c1[nH]c1c2CC(F)(F)CC1. The number of alkyl halides is 2. The first kappa shape index (κ1) is 17.2. The molecule has 3 heterocycles. The van der Waals surface area contributed by atoms with Crippen LogP contribution in [0.5, 0.6) is 5.75 Å². The summed E-state index contributed by atoms with van der Waals surface area (Å²) in [5, 5.41) is 8.01. The molecule has 6 nitrogen and oxygen atoms in total. The predicted molar refractivity (Wildman–Crippen MR) is 104 cm³/mol. The standard InChI is InChI=1S/C20H21F2N5O/c1-11(2)28-18-6-16-12(8-24-26-16)5-17(18)27-10-23-9-14-13-7-20(21,22)4-3-15(13)25-19(14)27/h5-6,8-9,11,25H,3-4,7,10H2,1-2H3,(H,24,26). The van der Waals surface area contributed by atoms with E-state index in [0.717, 1.165) is 33.7 Å². The van der Waals surface area contributed by atoms with E-state index in [2.05, 4.69) is 20.2 Å². The number of H-pyrrole nitrogens is 2. The van der Waals surface area contributed by atoms with Crippen LogP contribution in [-0.2, 0) is 12.8 Å². The van der Waals surface area contributed by atoms with Crippen molar-refractivity contribution in [3.05, 3.63) is 35.2 Å². The van der Waals surface area contributed by atoms with Crippen LogP contribution < -0.4 is 9.64 Å². The lowest BCUT2D eigenvalue weighted by molar-refractivity contribution is -0.0124. The molecule has 2 aromatic heterocycles. The second kappa shape index (κ2) is 6.05. The van der Waals surface area contributed by atoms with Gasteiger partial charge in [0.25, 0.3) is 5.92 Å². The molecule has 1 aliphatic carbocycles. The van der Waals surface area contributed by atoms with Gasteiger partial charge in [0.1, 0.15) is 18.2 Å². The summed E-state index contributed by atoms with van der Waals surface area (Å²) in [6.45, 7) is 4.33. The first-order valence-corrected chi connectivity index (χ1v) is 9.44. The van der Waals surface area contributed by atoms with Crippen molar-refractivity contribution >= 4 is 28.6 Å². The molecule has 0 radical (unpaired) electrons. The lowest BCUT2D eigenvalue weighted by Gasteiger charge is -2.28. The van der Waals surface area contributed by atoms with Crippen LogP contribution in [0.4, 0.5) is 20.3 Å². The van der Waals surface area contributed by atoms with Crippen molar-refractivity contribution in [1.29, 1.82) is 0 Å². The Balaban J connectivity index is 1.64. The van der Waals surface area contributed by atoms with Gasteiger partial charge in [0.05, 0.1) is 23.5 Å². The van der Waals surface area contributed by atoms with E-state index in [1.54, 1.807) is 12.4 Å². The highest BCUT2D eigenvalue weighted by molar-refractivity contribution is 5.95. The number of hydrogen-bond acceptors (Lipinski definition) is 4. The van der Waals surface area contributed by atoms with Gasteiger partial charge in [-0.15, -0.1) is 0 Å². The summed E-state index contributed by atoms with van der Waals surface area (Å²) in [6, 6.07) is 3.92. The molecule has 0 unspecified atom stereocenters. The zero-order valence-electron chi connectivity index (χ0n) is 15.7. The van der Waals surface area contributed by atoms with Gasteiger partial charge in [-0.05, 0) is 31.9 Å². The monoisotopic (exact) mass is 385 g/mol. The molecule has 146 valence electrons. The number of rotatable bonds is 3. The summed E-state index contributed by atoms with van der Waals surface area (Å²) >= 11 is 0. The zero-order chi connectivity index (χ0) is 19.5. The summed E-state index contributed by atoms with van der Waals surface area (Å²) in [5.41, 5.74) is 4.03. The molecule has 2 aliphatic rings. The number of benzene rings is 1. The van der Waals surface area contributed by atoms with E-state index in [-0.39, 0.29) is 18.9 Å². The summed E-state index contributed by atoms with van der Waals surface area (Å²) in [5.74, 6) is -1.16. The van der Waals surface area contributed by atoms with Gasteiger partial charge in [0.2, 0.25) is 0 Å². The van der Waals surface area contributed by atoms with E-state index >= 15 is 0 Å². The molecule has 1 aliphatic heterocycles. The molecule has 0 spiro atoms. The highest BCUT2D eigenvalue weighted by Gasteiger charge is 2.38. The molecule has 0 saturated carbocycles. The van der Waals surface area contributed by atoms with Crippen LogP contribution in [0.1, 0.15) is 37.1 Å². The molecule has 0 fully saturated rings. The quantitative estimate of drug-likeness (QED) is 0.705. The Hall–Kier alpha value is -2.90. The molecule has 0 atom stereocenters. The molecule has 5 rings (SSSR count). The van der Waals surface area contributed by atoms with E-state index in [9.17, 15) is 8.78 Å². The molecule has 0 amide bonds. The normalized spacial score (nSPS) is 17.8. The van der Waals surface area contributed by atoms with Crippen molar-refractivity contribution in [2.45, 2.75) is 45.1 Å². The Morgan fingerprint density at radius 2 is 2.14 bits per heavy atom. The molecule has 0 bridgehead atoms. The van der Waals surface area contributed by atoms with Crippen molar-refractivity contribution in [2.75, 3.05) is 11.6 Å². The minimum absolute atomic E-state index is 0.0116.